The van der Waals surface area contributed by atoms with E-state index in [1.165, 1.54) is 0 Å². The van der Waals surface area contributed by atoms with E-state index in [1.54, 1.807) is 11.3 Å². The highest BCUT2D eigenvalue weighted by molar-refractivity contribution is 7.09. The van der Waals surface area contributed by atoms with E-state index in [0.29, 0.717) is 6.04 Å². The Labute approximate surface area is 130 Å². The first-order valence-electron chi connectivity index (χ1n) is 7.57. The maximum Gasteiger partial charge on any atom is 0.0897 e. The van der Waals surface area contributed by atoms with Crippen molar-refractivity contribution in [2.24, 2.45) is 5.84 Å². The van der Waals surface area contributed by atoms with Crippen LogP contribution < -0.4 is 11.3 Å². The van der Waals surface area contributed by atoms with Gasteiger partial charge < -0.3 is 0 Å². The fourth-order valence-electron chi connectivity index (χ4n) is 2.55. The summed E-state index contributed by atoms with van der Waals surface area (Å²) in [7, 11) is 0. The van der Waals surface area contributed by atoms with Crippen molar-refractivity contribution in [1.29, 1.82) is 0 Å². The Morgan fingerprint density at radius 2 is 2.00 bits per heavy atom. The zero-order valence-corrected chi connectivity index (χ0v) is 13.9. The molecule has 1 atom stereocenters. The number of aryl methyl sites for hydroxylation is 1. The lowest BCUT2D eigenvalue weighted by Gasteiger charge is -2.14. The van der Waals surface area contributed by atoms with E-state index in [4.69, 9.17) is 10.9 Å². The van der Waals surface area contributed by atoms with Crippen LogP contribution in [-0.2, 0) is 12.8 Å². The minimum absolute atomic E-state index is 0.163. The number of nitrogens with one attached hydrogen (secondary N) is 1. The molecule has 0 bridgehead atoms. The van der Waals surface area contributed by atoms with Gasteiger partial charge >= 0.3 is 0 Å². The molecular formula is C15H25N5S. The highest BCUT2D eigenvalue weighted by Gasteiger charge is 2.14. The molecule has 21 heavy (non-hydrogen) atoms. The average molecular weight is 307 g/mol. The van der Waals surface area contributed by atoms with Crippen molar-refractivity contribution in [3.8, 4) is 0 Å². The smallest absolute Gasteiger partial charge is 0.0897 e. The third-order valence-electron chi connectivity index (χ3n) is 3.79. The minimum atomic E-state index is 0.163. The highest BCUT2D eigenvalue weighted by Crippen LogP contribution is 2.16. The summed E-state index contributed by atoms with van der Waals surface area (Å²) in [5.74, 6) is 5.69. The van der Waals surface area contributed by atoms with Gasteiger partial charge in [0.1, 0.15) is 0 Å². The lowest BCUT2D eigenvalue weighted by molar-refractivity contribution is 0.421. The molecule has 1 unspecified atom stereocenters. The minimum Gasteiger partial charge on any atom is -0.271 e. The van der Waals surface area contributed by atoms with Crippen LogP contribution in [0, 0.1) is 6.92 Å². The van der Waals surface area contributed by atoms with Gasteiger partial charge in [-0.2, -0.15) is 5.10 Å². The molecule has 0 amide bonds. The largest absolute Gasteiger partial charge is 0.271 e. The Bertz CT molecular complexity index is 544. The predicted molar refractivity (Wildman–Crippen MR) is 87.2 cm³/mol. The van der Waals surface area contributed by atoms with Gasteiger partial charge in [-0.05, 0) is 25.8 Å². The van der Waals surface area contributed by atoms with E-state index in [1.807, 2.05) is 6.92 Å². The van der Waals surface area contributed by atoms with Crippen LogP contribution in [0.2, 0.25) is 0 Å². The van der Waals surface area contributed by atoms with Gasteiger partial charge in [0.05, 0.1) is 22.4 Å². The van der Waals surface area contributed by atoms with Crippen LogP contribution >= 0.6 is 11.3 Å². The van der Waals surface area contributed by atoms with E-state index in [-0.39, 0.29) is 6.04 Å². The summed E-state index contributed by atoms with van der Waals surface area (Å²) in [6.45, 7) is 6.42. The van der Waals surface area contributed by atoms with E-state index in [0.717, 1.165) is 42.1 Å². The first-order valence-corrected chi connectivity index (χ1v) is 8.45. The van der Waals surface area contributed by atoms with Gasteiger partial charge in [-0.3, -0.25) is 16.0 Å². The summed E-state index contributed by atoms with van der Waals surface area (Å²) in [5.41, 5.74) is 5.07. The first-order chi connectivity index (χ1) is 10.2. The van der Waals surface area contributed by atoms with E-state index in [9.17, 15) is 0 Å². The summed E-state index contributed by atoms with van der Waals surface area (Å²) >= 11 is 1.68. The van der Waals surface area contributed by atoms with Gasteiger partial charge in [-0.25, -0.2) is 4.98 Å². The molecule has 6 heteroatoms. The topological polar surface area (TPSA) is 68.8 Å². The summed E-state index contributed by atoms with van der Waals surface area (Å²) in [5, 5.41) is 7.89. The van der Waals surface area contributed by atoms with Gasteiger partial charge in [-0.15, -0.1) is 11.3 Å². The molecule has 0 aliphatic heterocycles. The van der Waals surface area contributed by atoms with Crippen molar-refractivity contribution in [2.45, 2.75) is 58.5 Å². The molecule has 3 N–H and O–H groups in total. The van der Waals surface area contributed by atoms with Crippen LogP contribution in [0.3, 0.4) is 0 Å². The molecule has 2 aromatic heterocycles. The van der Waals surface area contributed by atoms with Crippen LogP contribution in [0.15, 0.2) is 17.6 Å². The second kappa shape index (κ2) is 7.68. The summed E-state index contributed by atoms with van der Waals surface area (Å²) in [6, 6.07) is 2.75. The molecule has 2 aromatic rings. The molecule has 116 valence electrons. The van der Waals surface area contributed by atoms with Gasteiger partial charge in [0, 0.05) is 30.5 Å². The molecule has 0 spiro atoms. The fraction of sp³-hybridized carbons (Fsp3) is 0.600. The van der Waals surface area contributed by atoms with Crippen LogP contribution in [-0.4, -0.2) is 20.8 Å². The molecular weight excluding hydrogens is 282 g/mol. The number of thiazole rings is 1. The number of hydrogen-bond acceptors (Lipinski definition) is 5. The molecule has 0 fully saturated rings. The van der Waals surface area contributed by atoms with E-state index >= 15 is 0 Å². The molecule has 0 aliphatic carbocycles. The zero-order valence-electron chi connectivity index (χ0n) is 13.0. The lowest BCUT2D eigenvalue weighted by Crippen LogP contribution is -2.38. The number of nitrogens with two attached hydrogens (primary N) is 1. The third-order valence-corrected chi connectivity index (χ3v) is 4.62. The standard InChI is InChI=1S/C15H25N5S/c1-4-15(5-2)20-7-6-12(19-20)8-13(18-16)9-14-10-21-11(3)17-14/h6-7,10,13,15,18H,4-5,8-9,16H2,1-3H3. The van der Waals surface area contributed by atoms with E-state index in [2.05, 4.69) is 46.6 Å². The highest BCUT2D eigenvalue weighted by atomic mass is 32.1. The Kier molecular flexibility index (Phi) is 5.90. The summed E-state index contributed by atoms with van der Waals surface area (Å²) in [4.78, 5) is 4.50. The van der Waals surface area contributed by atoms with E-state index < -0.39 is 0 Å². The van der Waals surface area contributed by atoms with Crippen molar-refractivity contribution >= 4 is 11.3 Å². The molecule has 2 heterocycles. The Morgan fingerprint density at radius 3 is 2.57 bits per heavy atom. The predicted octanol–water partition coefficient (Wildman–Crippen LogP) is 2.63. The molecule has 0 saturated carbocycles. The van der Waals surface area contributed by atoms with Crippen molar-refractivity contribution in [3.05, 3.63) is 34.0 Å². The molecule has 0 saturated heterocycles. The summed E-state index contributed by atoms with van der Waals surface area (Å²) < 4.78 is 2.08. The molecule has 0 aliphatic rings. The number of hydrazine groups is 1. The van der Waals surface area contributed by atoms with Gasteiger partial charge in [-0.1, -0.05) is 13.8 Å². The SMILES string of the molecule is CCC(CC)n1ccc(CC(Cc2csc(C)n2)NN)n1. The van der Waals surface area contributed by atoms with Crippen molar-refractivity contribution in [1.82, 2.24) is 20.2 Å². The second-order valence-electron chi connectivity index (χ2n) is 5.39. The lowest BCUT2D eigenvalue weighted by atomic mass is 10.1. The maximum absolute atomic E-state index is 5.69. The van der Waals surface area contributed by atoms with Crippen LogP contribution in [0.4, 0.5) is 0 Å². The van der Waals surface area contributed by atoms with Gasteiger partial charge in [0.15, 0.2) is 0 Å². The Morgan fingerprint density at radius 1 is 1.29 bits per heavy atom. The van der Waals surface area contributed by atoms with Crippen LogP contribution in [0.25, 0.3) is 0 Å². The number of nitrogens with zero attached hydrogens (tertiary/aromatic N) is 3. The monoisotopic (exact) mass is 307 g/mol. The molecule has 0 aromatic carbocycles. The second-order valence-corrected chi connectivity index (χ2v) is 6.45. The van der Waals surface area contributed by atoms with Gasteiger partial charge in [0.25, 0.3) is 0 Å². The number of hydrogen-bond donors (Lipinski definition) is 2. The average Bonchev–Trinajstić information content (AvgIpc) is 3.09. The normalized spacial score (nSPS) is 13.0. The quantitative estimate of drug-likeness (QED) is 0.581. The Balaban J connectivity index is 1.98. The van der Waals surface area contributed by atoms with Crippen molar-refractivity contribution in [3.63, 3.8) is 0 Å². The zero-order chi connectivity index (χ0) is 15.2. The third kappa shape index (κ3) is 4.36. The first kappa shape index (κ1) is 16.1. The fourth-order valence-corrected chi connectivity index (χ4v) is 3.17. The van der Waals surface area contributed by atoms with Crippen molar-refractivity contribution < 1.29 is 0 Å². The summed E-state index contributed by atoms with van der Waals surface area (Å²) in [6.07, 6.45) is 5.94. The number of rotatable bonds is 8. The van der Waals surface area contributed by atoms with Crippen LogP contribution in [0.5, 0.6) is 0 Å². The van der Waals surface area contributed by atoms with Gasteiger partial charge in [0.2, 0.25) is 0 Å². The molecule has 2 rings (SSSR count). The van der Waals surface area contributed by atoms with Crippen LogP contribution in [0.1, 0.15) is 49.1 Å². The Hall–Kier alpha value is -1.24. The number of aromatic nitrogens is 3. The molecule has 0 radical (unpaired) electrons. The van der Waals surface area contributed by atoms with Crippen molar-refractivity contribution in [2.75, 3.05) is 0 Å². The maximum atomic E-state index is 5.69. The molecule has 5 nitrogen and oxygen atoms in total.